The zero-order valence-corrected chi connectivity index (χ0v) is 31.0. The highest BCUT2D eigenvalue weighted by molar-refractivity contribution is 5.96. The summed E-state index contributed by atoms with van der Waals surface area (Å²) in [6.07, 6.45) is -0.327. The number of amides is 5. The van der Waals surface area contributed by atoms with Crippen molar-refractivity contribution in [3.63, 3.8) is 0 Å². The molecule has 0 aromatic heterocycles. The van der Waals surface area contributed by atoms with Crippen molar-refractivity contribution in [2.45, 2.75) is 133 Å². The van der Waals surface area contributed by atoms with Gasteiger partial charge < -0.3 is 69.9 Å². The predicted octanol–water partition coefficient (Wildman–Crippen LogP) is -3.20. The first kappa shape index (κ1) is 50.1. The number of carbonyl (C=O) groups excluding carboxylic acids is 5. The first-order valence-corrected chi connectivity index (χ1v) is 18.2. The Labute approximate surface area is 318 Å². The second-order valence-electron chi connectivity index (χ2n) is 12.9. The molecular formula is C33H59N9O13. The van der Waals surface area contributed by atoms with Gasteiger partial charge in [0.15, 0.2) is 0 Å². The molecule has 0 bridgehead atoms. The molecule has 0 saturated heterocycles. The lowest BCUT2D eigenvalue weighted by Crippen LogP contribution is -2.59. The van der Waals surface area contributed by atoms with Gasteiger partial charge in [0.25, 0.3) is 0 Å². The van der Waals surface area contributed by atoms with Crippen LogP contribution in [0.15, 0.2) is 0 Å². The molecule has 0 spiro atoms. The monoisotopic (exact) mass is 789 g/mol. The standard InChI is InChI=1S/C33H59N9O13/c34-16-4-1-7-19(37)28(49)38-20(8-2-5-17-35)29(50)40-22(10-13-25(43)44)31(52)39-21(9-3-6-18-36)30(51)41-23(11-14-26(45)46)32(53)42-24(33(54)55)12-15-27(47)48/h19-24H,1-18,34-37H2,(H,38,49)(H,39,52)(H,40,50)(H,41,51)(H,42,53)(H,43,44)(H,45,46)(H,47,48)(H,54,55)/t19-,20-,21-,22-,23-,24-/m0/s1. The molecule has 0 aliphatic carbocycles. The van der Waals surface area contributed by atoms with Crippen molar-refractivity contribution in [1.82, 2.24) is 26.6 Å². The van der Waals surface area contributed by atoms with Gasteiger partial charge in [0, 0.05) is 19.3 Å². The Morgan fingerprint density at radius 1 is 0.382 bits per heavy atom. The van der Waals surface area contributed by atoms with Gasteiger partial charge in [-0.3, -0.25) is 38.4 Å². The van der Waals surface area contributed by atoms with Gasteiger partial charge >= 0.3 is 23.9 Å². The van der Waals surface area contributed by atoms with Crippen LogP contribution in [0.5, 0.6) is 0 Å². The van der Waals surface area contributed by atoms with Crippen LogP contribution in [0.3, 0.4) is 0 Å². The van der Waals surface area contributed by atoms with Crippen molar-refractivity contribution in [1.29, 1.82) is 0 Å². The van der Waals surface area contributed by atoms with Crippen molar-refractivity contribution in [3.8, 4) is 0 Å². The number of unbranched alkanes of at least 4 members (excludes halogenated alkanes) is 3. The lowest BCUT2D eigenvalue weighted by molar-refractivity contribution is -0.144. The van der Waals surface area contributed by atoms with Gasteiger partial charge in [-0.05, 0) is 90.3 Å². The molecule has 0 aromatic rings. The van der Waals surface area contributed by atoms with Gasteiger partial charge in [0.05, 0.1) is 6.04 Å². The summed E-state index contributed by atoms with van der Waals surface area (Å²) in [7, 11) is 0. The normalized spacial score (nSPS) is 14.2. The molecule has 0 aliphatic rings. The van der Waals surface area contributed by atoms with Crippen LogP contribution in [0.4, 0.5) is 0 Å². The van der Waals surface area contributed by atoms with Gasteiger partial charge in [-0.2, -0.15) is 0 Å². The van der Waals surface area contributed by atoms with Crippen LogP contribution in [-0.2, 0) is 43.2 Å². The average molecular weight is 790 g/mol. The lowest BCUT2D eigenvalue weighted by atomic mass is 10.0. The molecule has 22 heteroatoms. The summed E-state index contributed by atoms with van der Waals surface area (Å²) in [6, 6.07) is -8.48. The molecule has 0 radical (unpaired) electrons. The van der Waals surface area contributed by atoms with Crippen molar-refractivity contribution >= 4 is 53.4 Å². The number of nitrogens with one attached hydrogen (secondary N) is 5. The van der Waals surface area contributed by atoms with Crippen molar-refractivity contribution in [2.24, 2.45) is 22.9 Å². The van der Waals surface area contributed by atoms with Crippen molar-refractivity contribution in [3.05, 3.63) is 0 Å². The van der Waals surface area contributed by atoms with Gasteiger partial charge in [0.1, 0.15) is 30.2 Å². The number of hydrogen-bond donors (Lipinski definition) is 13. The smallest absolute Gasteiger partial charge is 0.326 e. The number of aliphatic carboxylic acids is 4. The van der Waals surface area contributed by atoms with Gasteiger partial charge in [-0.25, -0.2) is 4.79 Å². The number of nitrogens with two attached hydrogens (primary N) is 4. The fraction of sp³-hybridized carbons (Fsp3) is 0.727. The van der Waals surface area contributed by atoms with Crippen molar-refractivity contribution in [2.75, 3.05) is 19.6 Å². The molecular weight excluding hydrogens is 730 g/mol. The quantitative estimate of drug-likeness (QED) is 0.0298. The van der Waals surface area contributed by atoms with E-state index in [2.05, 4.69) is 26.6 Å². The molecule has 0 unspecified atom stereocenters. The van der Waals surface area contributed by atoms with Crippen LogP contribution in [0.2, 0.25) is 0 Å². The summed E-state index contributed by atoms with van der Waals surface area (Å²) in [5, 5.41) is 48.8. The van der Waals surface area contributed by atoms with Crippen LogP contribution in [-0.4, -0.2) is 130 Å². The Balaban J connectivity index is 6.31. The van der Waals surface area contributed by atoms with Crippen molar-refractivity contribution < 1.29 is 63.6 Å². The second-order valence-corrected chi connectivity index (χ2v) is 12.9. The SMILES string of the molecule is NCCCC[C@H](NC(=O)[C@H](CCC(=O)O)NC(=O)[C@H](CCCCN)NC(=O)[C@@H](N)CCCCN)C(=O)N[C@@H](CCC(=O)O)C(=O)N[C@@H](CCC(=O)O)C(=O)O. The summed E-state index contributed by atoms with van der Waals surface area (Å²) in [5.74, 6) is -10.2. The van der Waals surface area contributed by atoms with Crippen LogP contribution in [0.25, 0.3) is 0 Å². The lowest BCUT2D eigenvalue weighted by Gasteiger charge is -2.27. The third-order valence-corrected chi connectivity index (χ3v) is 8.29. The molecule has 0 fully saturated rings. The largest absolute Gasteiger partial charge is 0.481 e. The molecule has 6 atom stereocenters. The van der Waals surface area contributed by atoms with Gasteiger partial charge in [-0.1, -0.05) is 6.42 Å². The fourth-order valence-corrected chi connectivity index (χ4v) is 5.13. The maximum atomic E-state index is 13.7. The van der Waals surface area contributed by atoms with Crippen LogP contribution in [0.1, 0.15) is 96.3 Å². The summed E-state index contributed by atoms with van der Waals surface area (Å²) in [4.78, 5) is 112. The molecule has 5 amide bonds. The first-order chi connectivity index (χ1) is 26.0. The molecule has 314 valence electrons. The Bertz CT molecular complexity index is 1290. The van der Waals surface area contributed by atoms with E-state index >= 15 is 0 Å². The van der Waals surface area contributed by atoms with E-state index in [9.17, 15) is 58.5 Å². The first-order valence-electron chi connectivity index (χ1n) is 18.2. The summed E-state index contributed by atoms with van der Waals surface area (Å²) >= 11 is 0. The number of carbonyl (C=O) groups is 9. The van der Waals surface area contributed by atoms with E-state index in [-0.39, 0.29) is 25.8 Å². The molecule has 0 heterocycles. The number of carboxylic acid groups (broad SMARTS) is 4. The van der Waals surface area contributed by atoms with Gasteiger partial charge in [0.2, 0.25) is 29.5 Å². The molecule has 22 nitrogen and oxygen atoms in total. The van der Waals surface area contributed by atoms with E-state index in [0.717, 1.165) is 0 Å². The van der Waals surface area contributed by atoms with Crippen LogP contribution < -0.4 is 49.5 Å². The van der Waals surface area contributed by atoms with E-state index in [1.807, 2.05) is 0 Å². The molecule has 0 rings (SSSR count). The fourth-order valence-electron chi connectivity index (χ4n) is 5.13. The molecule has 17 N–H and O–H groups in total. The highest BCUT2D eigenvalue weighted by Gasteiger charge is 2.33. The topological polar surface area (TPSA) is 399 Å². The molecule has 55 heavy (non-hydrogen) atoms. The summed E-state index contributed by atoms with van der Waals surface area (Å²) < 4.78 is 0. The Morgan fingerprint density at radius 2 is 0.655 bits per heavy atom. The minimum atomic E-state index is -1.69. The van der Waals surface area contributed by atoms with Crippen LogP contribution in [0, 0.1) is 0 Å². The Hall–Kier alpha value is -4.93. The number of rotatable bonds is 32. The minimum absolute atomic E-state index is 0.0855. The number of carboxylic acids is 4. The van der Waals surface area contributed by atoms with Gasteiger partial charge in [-0.15, -0.1) is 0 Å². The van der Waals surface area contributed by atoms with E-state index in [4.69, 9.17) is 28.0 Å². The molecule has 0 aromatic carbocycles. The van der Waals surface area contributed by atoms with E-state index < -0.39 is 128 Å². The molecule has 0 aliphatic heterocycles. The second kappa shape index (κ2) is 28.5. The van der Waals surface area contributed by atoms with E-state index in [0.29, 0.717) is 51.6 Å². The van der Waals surface area contributed by atoms with E-state index in [1.54, 1.807) is 0 Å². The highest BCUT2D eigenvalue weighted by atomic mass is 16.4. The zero-order valence-electron chi connectivity index (χ0n) is 31.0. The zero-order chi connectivity index (χ0) is 41.9. The third kappa shape index (κ3) is 22.8. The molecule has 0 saturated carbocycles. The van der Waals surface area contributed by atoms with E-state index in [1.165, 1.54) is 0 Å². The Kier molecular flexibility index (Phi) is 25.9. The summed E-state index contributed by atoms with van der Waals surface area (Å²) in [6.45, 7) is 0.893. The maximum Gasteiger partial charge on any atom is 0.326 e. The number of hydrogen-bond acceptors (Lipinski definition) is 13. The maximum absolute atomic E-state index is 13.7. The average Bonchev–Trinajstić information content (AvgIpc) is 3.11. The Morgan fingerprint density at radius 3 is 0.964 bits per heavy atom. The summed E-state index contributed by atoms with van der Waals surface area (Å²) in [5.41, 5.74) is 22.7. The highest BCUT2D eigenvalue weighted by Crippen LogP contribution is 2.10. The minimum Gasteiger partial charge on any atom is -0.481 e. The van der Waals surface area contributed by atoms with Crippen LogP contribution >= 0.6 is 0 Å². The predicted molar refractivity (Wildman–Crippen MR) is 195 cm³/mol. The third-order valence-electron chi connectivity index (χ3n) is 8.29.